The number of hydrogen-bond acceptors (Lipinski definition) is 2. The maximum absolute atomic E-state index is 13.2. The highest BCUT2D eigenvalue weighted by atomic mass is 31.1. The Morgan fingerprint density at radius 3 is 2.19 bits per heavy atom. The highest BCUT2D eigenvalue weighted by molar-refractivity contribution is 7.24. The van der Waals surface area contributed by atoms with Gasteiger partial charge in [0.2, 0.25) is 0 Å². The first-order valence-electron chi connectivity index (χ1n) is 9.27. The fourth-order valence-electron chi connectivity index (χ4n) is 3.21. The zero-order valence-corrected chi connectivity index (χ0v) is 17.6. The van der Waals surface area contributed by atoms with Crippen LogP contribution in [0.25, 0.3) is 0 Å². The fraction of sp³-hybridized carbons (Fsp3) is 0.435. The smallest absolute Gasteiger partial charge is 0.193 e. The molecule has 0 heterocycles. The van der Waals surface area contributed by atoms with Crippen LogP contribution in [0.2, 0.25) is 0 Å². The Morgan fingerprint density at radius 1 is 1.08 bits per heavy atom. The summed E-state index contributed by atoms with van der Waals surface area (Å²) in [6.45, 7) is 12.7. The molecule has 0 fully saturated rings. The zero-order valence-electron chi connectivity index (χ0n) is 16.7. The van der Waals surface area contributed by atoms with Gasteiger partial charge in [0.25, 0.3) is 0 Å². The van der Waals surface area contributed by atoms with Crippen molar-refractivity contribution in [3.8, 4) is 0 Å². The van der Waals surface area contributed by atoms with E-state index in [4.69, 9.17) is 0 Å². The molecule has 0 aliphatic rings. The van der Waals surface area contributed by atoms with Crippen molar-refractivity contribution < 1.29 is 9.36 Å². The Balaban J connectivity index is 2.50. The summed E-state index contributed by atoms with van der Waals surface area (Å²) in [5, 5.41) is 0. The summed E-state index contributed by atoms with van der Waals surface area (Å²) in [6, 6.07) is 13.6. The van der Waals surface area contributed by atoms with Crippen molar-refractivity contribution in [1.29, 1.82) is 0 Å². The summed E-state index contributed by atoms with van der Waals surface area (Å²) in [7, 11) is 0.0725. The van der Waals surface area contributed by atoms with Gasteiger partial charge in [-0.25, -0.2) is 0 Å². The van der Waals surface area contributed by atoms with Crippen molar-refractivity contribution in [2.75, 3.05) is 0 Å². The number of carbonyl (C=O) groups is 1. The van der Waals surface area contributed by atoms with E-state index in [-0.39, 0.29) is 31.2 Å². The summed E-state index contributed by atoms with van der Waals surface area (Å²) in [5.41, 5.74) is 4.39. The Labute approximate surface area is 159 Å². The standard InChI is InChI=1S/C23H29O2P/c1-7-15(2)22(26-25)20-16(3)9-8-10-19(20)21(24)17-11-13-18(14-12-17)23(4,5)6/h8-15,22H,7H2,1-6H3. The van der Waals surface area contributed by atoms with Crippen LogP contribution in [-0.2, 0) is 9.98 Å². The van der Waals surface area contributed by atoms with Crippen LogP contribution in [0, 0.1) is 12.8 Å². The van der Waals surface area contributed by atoms with Crippen molar-refractivity contribution in [2.24, 2.45) is 5.92 Å². The van der Waals surface area contributed by atoms with Gasteiger partial charge in [0.05, 0.1) is 5.66 Å². The van der Waals surface area contributed by atoms with E-state index in [1.807, 2.05) is 49.4 Å². The van der Waals surface area contributed by atoms with Crippen molar-refractivity contribution in [2.45, 2.75) is 59.0 Å². The number of carbonyl (C=O) groups excluding carboxylic acids is 1. The lowest BCUT2D eigenvalue weighted by molar-refractivity contribution is 0.103. The molecule has 0 saturated carbocycles. The van der Waals surface area contributed by atoms with Gasteiger partial charge < -0.3 is 0 Å². The van der Waals surface area contributed by atoms with Gasteiger partial charge in [-0.15, -0.1) is 0 Å². The molecule has 138 valence electrons. The van der Waals surface area contributed by atoms with Crippen LogP contribution in [0.15, 0.2) is 42.5 Å². The molecule has 0 saturated heterocycles. The molecular formula is C23H29O2P. The molecule has 2 rings (SSSR count). The largest absolute Gasteiger partial charge is 0.289 e. The summed E-state index contributed by atoms with van der Waals surface area (Å²) < 4.78 is 11.9. The third kappa shape index (κ3) is 4.30. The molecule has 0 spiro atoms. The van der Waals surface area contributed by atoms with E-state index in [1.165, 1.54) is 5.56 Å². The second-order valence-electron chi connectivity index (χ2n) is 8.13. The molecule has 26 heavy (non-hydrogen) atoms. The quantitative estimate of drug-likeness (QED) is 0.410. The third-order valence-electron chi connectivity index (χ3n) is 5.17. The predicted octanol–water partition coefficient (Wildman–Crippen LogP) is 6.90. The molecule has 2 aromatic rings. The van der Waals surface area contributed by atoms with E-state index in [0.717, 1.165) is 17.5 Å². The Hall–Kier alpha value is -1.79. The summed E-state index contributed by atoms with van der Waals surface area (Å²) in [6.07, 6.45) is 0.919. The van der Waals surface area contributed by atoms with Crippen LogP contribution in [0.4, 0.5) is 0 Å². The minimum Gasteiger partial charge on any atom is -0.289 e. The number of benzene rings is 2. The Morgan fingerprint density at radius 2 is 1.69 bits per heavy atom. The molecule has 0 amide bonds. The maximum atomic E-state index is 13.2. The van der Waals surface area contributed by atoms with Crippen molar-refractivity contribution >= 4 is 14.2 Å². The summed E-state index contributed by atoms with van der Waals surface area (Å²) in [4.78, 5) is 13.2. The molecule has 0 radical (unpaired) electrons. The van der Waals surface area contributed by atoms with Crippen LogP contribution in [-0.4, -0.2) is 5.78 Å². The SMILES string of the molecule is CCC(C)C(P=O)c1c(C)cccc1C(=O)c1ccc(C(C)(C)C)cc1. The first-order chi connectivity index (χ1) is 12.2. The first kappa shape index (κ1) is 20.5. The summed E-state index contributed by atoms with van der Waals surface area (Å²) >= 11 is 0. The third-order valence-corrected chi connectivity index (χ3v) is 6.17. The second-order valence-corrected chi connectivity index (χ2v) is 8.90. The average molecular weight is 368 g/mol. The van der Waals surface area contributed by atoms with E-state index in [1.54, 1.807) is 0 Å². The number of hydrogen-bond donors (Lipinski definition) is 0. The van der Waals surface area contributed by atoms with Crippen molar-refractivity contribution in [3.05, 3.63) is 70.3 Å². The zero-order chi connectivity index (χ0) is 19.5. The van der Waals surface area contributed by atoms with Gasteiger partial charge in [-0.1, -0.05) is 83.5 Å². The molecular weight excluding hydrogens is 339 g/mol. The minimum absolute atomic E-state index is 0.00103. The molecule has 0 N–H and O–H groups in total. The van der Waals surface area contributed by atoms with Gasteiger partial charge in [-0.3, -0.25) is 9.36 Å². The lowest BCUT2D eigenvalue weighted by Gasteiger charge is -2.22. The molecule has 2 nitrogen and oxygen atoms in total. The molecule has 2 atom stereocenters. The van der Waals surface area contributed by atoms with Crippen molar-refractivity contribution in [1.82, 2.24) is 0 Å². The number of ketones is 1. The number of aryl methyl sites for hydroxylation is 1. The van der Waals surface area contributed by atoms with Gasteiger partial charge in [-0.2, -0.15) is 0 Å². The normalized spacial score (nSPS) is 14.2. The lowest BCUT2D eigenvalue weighted by atomic mass is 9.85. The fourth-order valence-corrected chi connectivity index (χ4v) is 4.08. The van der Waals surface area contributed by atoms with Gasteiger partial charge in [-0.05, 0) is 34.9 Å². The molecule has 2 unspecified atom stereocenters. The van der Waals surface area contributed by atoms with Crippen LogP contribution in [0.3, 0.4) is 0 Å². The van der Waals surface area contributed by atoms with E-state index in [9.17, 15) is 9.36 Å². The lowest BCUT2D eigenvalue weighted by Crippen LogP contribution is -2.14. The van der Waals surface area contributed by atoms with E-state index in [0.29, 0.717) is 11.1 Å². The topological polar surface area (TPSA) is 34.1 Å². The highest BCUT2D eigenvalue weighted by Crippen LogP contribution is 2.40. The summed E-state index contributed by atoms with van der Waals surface area (Å²) in [5.74, 6) is 0.242. The molecule has 3 heteroatoms. The van der Waals surface area contributed by atoms with Gasteiger partial charge >= 0.3 is 0 Å². The first-order valence-corrected chi connectivity index (χ1v) is 10.2. The molecule has 0 aromatic heterocycles. The van der Waals surface area contributed by atoms with Crippen LogP contribution < -0.4 is 0 Å². The number of rotatable bonds is 6. The van der Waals surface area contributed by atoms with Gasteiger partial charge in [0, 0.05) is 11.1 Å². The second kappa shape index (κ2) is 8.27. The van der Waals surface area contributed by atoms with Crippen molar-refractivity contribution in [3.63, 3.8) is 0 Å². The Kier molecular flexibility index (Phi) is 6.53. The molecule has 0 aliphatic heterocycles. The predicted molar refractivity (Wildman–Crippen MR) is 110 cm³/mol. The average Bonchev–Trinajstić information content (AvgIpc) is 2.62. The molecule has 2 aromatic carbocycles. The highest BCUT2D eigenvalue weighted by Gasteiger charge is 2.26. The van der Waals surface area contributed by atoms with Gasteiger partial charge in [0.1, 0.15) is 0 Å². The van der Waals surface area contributed by atoms with E-state index < -0.39 is 0 Å². The molecule has 0 bridgehead atoms. The van der Waals surface area contributed by atoms with Crippen LogP contribution >= 0.6 is 8.46 Å². The minimum atomic E-state index is -0.158. The van der Waals surface area contributed by atoms with Crippen LogP contribution in [0.5, 0.6) is 0 Å². The monoisotopic (exact) mass is 368 g/mol. The molecule has 0 aliphatic carbocycles. The maximum Gasteiger partial charge on any atom is 0.193 e. The van der Waals surface area contributed by atoms with E-state index in [2.05, 4.69) is 34.6 Å². The van der Waals surface area contributed by atoms with Gasteiger partial charge in [0.15, 0.2) is 14.2 Å². The van der Waals surface area contributed by atoms with E-state index >= 15 is 0 Å². The Bertz CT molecular complexity index is 785. The van der Waals surface area contributed by atoms with Crippen LogP contribution in [0.1, 0.15) is 79.3 Å².